The Balaban J connectivity index is 2.85. The van der Waals surface area contributed by atoms with Crippen molar-refractivity contribution in [2.24, 2.45) is 0 Å². The minimum absolute atomic E-state index is 0.386. The number of nitrogens with one attached hydrogen (secondary N) is 1. The highest BCUT2D eigenvalue weighted by molar-refractivity contribution is 9.10. The molecule has 94 valence electrons. The maximum absolute atomic E-state index is 11.3. The molecule has 0 heterocycles. The van der Waals surface area contributed by atoms with Gasteiger partial charge in [-0.25, -0.2) is 4.79 Å². The molecular formula is C12H16BrNO3. The van der Waals surface area contributed by atoms with Gasteiger partial charge in [-0.3, -0.25) is 0 Å². The van der Waals surface area contributed by atoms with Crippen LogP contribution in [-0.4, -0.2) is 26.2 Å². The Hall–Kier alpha value is -1.07. The average molecular weight is 302 g/mol. The van der Waals surface area contributed by atoms with E-state index in [0.29, 0.717) is 12.3 Å². The van der Waals surface area contributed by atoms with E-state index in [-0.39, 0.29) is 5.97 Å². The van der Waals surface area contributed by atoms with Crippen molar-refractivity contribution in [3.05, 3.63) is 28.2 Å². The topological polar surface area (TPSA) is 47.6 Å². The van der Waals surface area contributed by atoms with Gasteiger partial charge in [-0.1, -0.05) is 15.9 Å². The van der Waals surface area contributed by atoms with Crippen molar-refractivity contribution in [3.63, 3.8) is 0 Å². The first-order chi connectivity index (χ1) is 8.08. The van der Waals surface area contributed by atoms with Gasteiger partial charge in [0, 0.05) is 16.6 Å². The number of halogens is 1. The monoisotopic (exact) mass is 301 g/mol. The second kappa shape index (κ2) is 6.61. The van der Waals surface area contributed by atoms with Crippen molar-refractivity contribution >= 4 is 21.9 Å². The summed E-state index contributed by atoms with van der Waals surface area (Å²) >= 11 is 3.40. The van der Waals surface area contributed by atoms with Crippen molar-refractivity contribution < 1.29 is 14.3 Å². The summed E-state index contributed by atoms with van der Waals surface area (Å²) in [7, 11) is 3.20. The van der Waals surface area contributed by atoms with Gasteiger partial charge < -0.3 is 14.8 Å². The minimum atomic E-state index is -0.614. The summed E-state index contributed by atoms with van der Waals surface area (Å²) in [4.78, 5) is 11.3. The molecule has 0 aliphatic heterocycles. The highest BCUT2D eigenvalue weighted by Gasteiger charge is 2.16. The number of ether oxygens (including phenoxy) is 2. The fourth-order valence-corrected chi connectivity index (χ4v) is 1.80. The maximum Gasteiger partial charge on any atom is 0.346 e. The molecule has 1 unspecified atom stereocenters. The van der Waals surface area contributed by atoms with Gasteiger partial charge in [0.15, 0.2) is 6.10 Å². The molecule has 1 aromatic rings. The molecule has 0 aliphatic rings. The van der Waals surface area contributed by atoms with E-state index in [0.717, 1.165) is 10.0 Å². The zero-order valence-electron chi connectivity index (χ0n) is 10.1. The summed E-state index contributed by atoms with van der Waals surface area (Å²) in [5, 5.41) is 3.05. The summed E-state index contributed by atoms with van der Waals surface area (Å²) in [6.45, 7) is 2.33. The largest absolute Gasteiger partial charge is 0.479 e. The second-order valence-electron chi connectivity index (χ2n) is 3.57. The van der Waals surface area contributed by atoms with E-state index >= 15 is 0 Å². The molecule has 1 atom stereocenters. The van der Waals surface area contributed by atoms with Crippen molar-refractivity contribution in [3.8, 4) is 5.75 Å². The van der Waals surface area contributed by atoms with Gasteiger partial charge in [0.1, 0.15) is 5.75 Å². The maximum atomic E-state index is 11.3. The van der Waals surface area contributed by atoms with Gasteiger partial charge in [-0.2, -0.15) is 0 Å². The van der Waals surface area contributed by atoms with Gasteiger partial charge in [0.2, 0.25) is 0 Å². The Morgan fingerprint density at radius 2 is 2.24 bits per heavy atom. The van der Waals surface area contributed by atoms with E-state index < -0.39 is 6.10 Å². The summed E-state index contributed by atoms with van der Waals surface area (Å²) in [6.07, 6.45) is -0.614. The van der Waals surface area contributed by atoms with Crippen LogP contribution in [0.1, 0.15) is 12.5 Å². The van der Waals surface area contributed by atoms with E-state index in [1.807, 2.05) is 25.2 Å². The number of carbonyl (C=O) groups is 1. The van der Waals surface area contributed by atoms with Crippen molar-refractivity contribution in [2.75, 3.05) is 14.2 Å². The third-order valence-corrected chi connectivity index (χ3v) is 2.72. The third kappa shape index (κ3) is 4.02. The Labute approximate surface area is 109 Å². The number of carbonyl (C=O) groups excluding carboxylic acids is 1. The van der Waals surface area contributed by atoms with Crippen LogP contribution >= 0.6 is 15.9 Å². The third-order valence-electron chi connectivity index (χ3n) is 2.23. The Bertz CT molecular complexity index is 395. The van der Waals surface area contributed by atoms with Crippen LogP contribution < -0.4 is 10.1 Å². The molecule has 1 N–H and O–H groups in total. The molecule has 0 amide bonds. The molecule has 0 radical (unpaired) electrons. The molecule has 1 aromatic carbocycles. The molecular weight excluding hydrogens is 286 g/mol. The predicted molar refractivity (Wildman–Crippen MR) is 69.0 cm³/mol. The van der Waals surface area contributed by atoms with Gasteiger partial charge in [-0.15, -0.1) is 0 Å². The molecule has 0 saturated heterocycles. The summed E-state index contributed by atoms with van der Waals surface area (Å²) in [5.74, 6) is 0.295. The van der Waals surface area contributed by atoms with Crippen molar-refractivity contribution in [1.82, 2.24) is 5.32 Å². The van der Waals surface area contributed by atoms with Crippen LogP contribution in [0.2, 0.25) is 0 Å². The van der Waals surface area contributed by atoms with E-state index in [9.17, 15) is 4.79 Å². The number of rotatable bonds is 5. The Morgan fingerprint density at radius 3 is 2.82 bits per heavy atom. The SMILES string of the molecule is CNCc1cc(Br)ccc1OC(C)C(=O)OC. The number of benzene rings is 1. The number of hydrogen-bond acceptors (Lipinski definition) is 4. The Morgan fingerprint density at radius 1 is 1.53 bits per heavy atom. The summed E-state index contributed by atoms with van der Waals surface area (Å²) in [6, 6.07) is 5.66. The van der Waals surface area contributed by atoms with E-state index in [2.05, 4.69) is 26.0 Å². The van der Waals surface area contributed by atoms with E-state index in [1.165, 1.54) is 7.11 Å². The van der Waals surface area contributed by atoms with Crippen molar-refractivity contribution in [1.29, 1.82) is 0 Å². The summed E-state index contributed by atoms with van der Waals surface area (Å²) in [5.41, 5.74) is 0.984. The lowest BCUT2D eigenvalue weighted by Gasteiger charge is -2.16. The molecule has 17 heavy (non-hydrogen) atoms. The molecule has 0 fully saturated rings. The fraction of sp³-hybridized carbons (Fsp3) is 0.417. The lowest BCUT2D eigenvalue weighted by atomic mass is 10.2. The second-order valence-corrected chi connectivity index (χ2v) is 4.48. The zero-order valence-corrected chi connectivity index (χ0v) is 11.7. The quantitative estimate of drug-likeness (QED) is 0.846. The normalized spacial score (nSPS) is 12.0. The minimum Gasteiger partial charge on any atom is -0.479 e. The first kappa shape index (κ1) is 14.0. The van der Waals surface area contributed by atoms with Gasteiger partial charge in [-0.05, 0) is 32.2 Å². The summed E-state index contributed by atoms with van der Waals surface area (Å²) < 4.78 is 11.2. The lowest BCUT2D eigenvalue weighted by Crippen LogP contribution is -2.25. The van der Waals surface area contributed by atoms with E-state index in [1.54, 1.807) is 6.92 Å². The van der Waals surface area contributed by atoms with E-state index in [4.69, 9.17) is 4.74 Å². The van der Waals surface area contributed by atoms with Crippen LogP contribution in [0.4, 0.5) is 0 Å². The van der Waals surface area contributed by atoms with Gasteiger partial charge in [0.25, 0.3) is 0 Å². The predicted octanol–water partition coefficient (Wildman–Crippen LogP) is 2.11. The average Bonchev–Trinajstić information content (AvgIpc) is 2.31. The number of methoxy groups -OCH3 is 1. The van der Waals surface area contributed by atoms with Crippen LogP contribution in [0.5, 0.6) is 5.75 Å². The first-order valence-corrected chi connectivity index (χ1v) is 6.05. The zero-order chi connectivity index (χ0) is 12.8. The fourth-order valence-electron chi connectivity index (χ4n) is 1.40. The Kier molecular flexibility index (Phi) is 5.44. The van der Waals surface area contributed by atoms with Crippen LogP contribution in [0, 0.1) is 0 Å². The molecule has 0 bridgehead atoms. The molecule has 0 aromatic heterocycles. The highest BCUT2D eigenvalue weighted by Crippen LogP contribution is 2.24. The van der Waals surface area contributed by atoms with Crippen LogP contribution in [0.25, 0.3) is 0 Å². The number of hydrogen-bond donors (Lipinski definition) is 1. The molecule has 0 aliphatic carbocycles. The van der Waals surface area contributed by atoms with Gasteiger partial charge in [0.05, 0.1) is 7.11 Å². The van der Waals surface area contributed by atoms with Crippen LogP contribution in [0.15, 0.2) is 22.7 Å². The van der Waals surface area contributed by atoms with Crippen LogP contribution in [-0.2, 0) is 16.1 Å². The highest BCUT2D eigenvalue weighted by atomic mass is 79.9. The molecule has 1 rings (SSSR count). The standard InChI is InChI=1S/C12H16BrNO3/c1-8(12(15)16-3)17-11-5-4-10(13)6-9(11)7-14-2/h4-6,8,14H,7H2,1-3H3. The number of esters is 1. The molecule has 0 spiro atoms. The lowest BCUT2D eigenvalue weighted by molar-refractivity contribution is -0.147. The molecule has 4 nitrogen and oxygen atoms in total. The molecule has 0 saturated carbocycles. The van der Waals surface area contributed by atoms with Crippen LogP contribution in [0.3, 0.4) is 0 Å². The van der Waals surface area contributed by atoms with Gasteiger partial charge >= 0.3 is 5.97 Å². The van der Waals surface area contributed by atoms with Crippen molar-refractivity contribution in [2.45, 2.75) is 19.6 Å². The molecule has 5 heteroatoms. The first-order valence-electron chi connectivity index (χ1n) is 5.26. The smallest absolute Gasteiger partial charge is 0.346 e.